The van der Waals surface area contributed by atoms with Crippen molar-refractivity contribution in [2.75, 3.05) is 0 Å². The summed E-state index contributed by atoms with van der Waals surface area (Å²) in [4.78, 5) is 0. The third-order valence-corrected chi connectivity index (χ3v) is 1.81. The topological polar surface area (TPSA) is 20.2 Å². The van der Waals surface area contributed by atoms with Crippen LogP contribution in [0.2, 0.25) is 0 Å². The van der Waals surface area contributed by atoms with Gasteiger partial charge in [-0.1, -0.05) is 6.08 Å². The number of hydrogen-bond acceptors (Lipinski definition) is 1. The van der Waals surface area contributed by atoms with Crippen molar-refractivity contribution in [3.8, 4) is 0 Å². The predicted octanol–water partition coefficient (Wildman–Crippen LogP) is 2.75. The SMILES string of the molecule is C/C(=C/C(C)O)c1cc(F)cc(F)c1. The fourth-order valence-electron chi connectivity index (χ4n) is 1.24. The van der Waals surface area contributed by atoms with Crippen LogP contribution in [0.25, 0.3) is 5.57 Å². The Labute approximate surface area is 81.7 Å². The first-order chi connectivity index (χ1) is 6.49. The number of allylic oxidation sites excluding steroid dienone is 1. The Hall–Kier alpha value is -1.22. The van der Waals surface area contributed by atoms with Gasteiger partial charge in [0.15, 0.2) is 0 Å². The van der Waals surface area contributed by atoms with Gasteiger partial charge in [0, 0.05) is 6.07 Å². The number of halogens is 2. The van der Waals surface area contributed by atoms with Crippen LogP contribution in [0, 0.1) is 11.6 Å². The molecule has 1 aromatic rings. The van der Waals surface area contributed by atoms with Crippen LogP contribution >= 0.6 is 0 Å². The van der Waals surface area contributed by atoms with Crippen LogP contribution in [-0.4, -0.2) is 11.2 Å². The minimum atomic E-state index is -0.624. The summed E-state index contributed by atoms with van der Waals surface area (Å²) in [6, 6.07) is 3.29. The van der Waals surface area contributed by atoms with Gasteiger partial charge in [-0.2, -0.15) is 0 Å². The zero-order valence-electron chi connectivity index (χ0n) is 8.09. The van der Waals surface area contributed by atoms with Gasteiger partial charge in [-0.15, -0.1) is 0 Å². The summed E-state index contributed by atoms with van der Waals surface area (Å²) < 4.78 is 25.6. The molecule has 3 heteroatoms. The molecule has 0 radical (unpaired) electrons. The van der Waals surface area contributed by atoms with Gasteiger partial charge in [-0.05, 0) is 37.1 Å². The minimum absolute atomic E-state index is 0.448. The van der Waals surface area contributed by atoms with E-state index in [0.29, 0.717) is 11.1 Å². The standard InChI is InChI=1S/C11H12F2O/c1-7(3-8(2)14)9-4-10(12)6-11(13)5-9/h3-6,8,14H,1-2H3/b7-3-. The van der Waals surface area contributed by atoms with Gasteiger partial charge in [-0.3, -0.25) is 0 Å². The number of aliphatic hydroxyl groups excluding tert-OH is 1. The van der Waals surface area contributed by atoms with Crippen LogP contribution in [0.3, 0.4) is 0 Å². The first-order valence-electron chi connectivity index (χ1n) is 4.32. The Kier molecular flexibility index (Phi) is 3.36. The Morgan fingerprint density at radius 3 is 2.21 bits per heavy atom. The van der Waals surface area contributed by atoms with Crippen LogP contribution in [0.4, 0.5) is 8.78 Å². The Morgan fingerprint density at radius 2 is 1.79 bits per heavy atom. The molecule has 0 aliphatic heterocycles. The average molecular weight is 198 g/mol. The Bertz CT molecular complexity index is 336. The lowest BCUT2D eigenvalue weighted by Gasteiger charge is -2.04. The smallest absolute Gasteiger partial charge is 0.126 e. The lowest BCUT2D eigenvalue weighted by molar-refractivity contribution is 0.244. The molecule has 0 saturated heterocycles. The molecule has 0 aliphatic carbocycles. The normalized spacial score (nSPS) is 14.2. The third kappa shape index (κ3) is 2.92. The van der Waals surface area contributed by atoms with Crippen molar-refractivity contribution in [3.63, 3.8) is 0 Å². The number of benzene rings is 1. The summed E-state index contributed by atoms with van der Waals surface area (Å²) in [5, 5.41) is 9.06. The van der Waals surface area contributed by atoms with Gasteiger partial charge in [0.25, 0.3) is 0 Å². The fourth-order valence-corrected chi connectivity index (χ4v) is 1.24. The molecule has 0 heterocycles. The minimum Gasteiger partial charge on any atom is -0.389 e. The molecular weight excluding hydrogens is 186 g/mol. The number of rotatable bonds is 2. The first kappa shape index (κ1) is 10.9. The van der Waals surface area contributed by atoms with Gasteiger partial charge in [0.2, 0.25) is 0 Å². The average Bonchev–Trinajstić information content (AvgIpc) is 2.00. The highest BCUT2D eigenvalue weighted by Crippen LogP contribution is 2.17. The van der Waals surface area contributed by atoms with Crippen molar-refractivity contribution in [1.29, 1.82) is 0 Å². The van der Waals surface area contributed by atoms with Gasteiger partial charge >= 0.3 is 0 Å². The summed E-state index contributed by atoms with van der Waals surface area (Å²) in [5.41, 5.74) is 1.10. The maximum atomic E-state index is 12.8. The maximum Gasteiger partial charge on any atom is 0.126 e. The molecule has 0 bridgehead atoms. The van der Waals surface area contributed by atoms with E-state index in [0.717, 1.165) is 6.07 Å². The maximum absolute atomic E-state index is 12.8. The van der Waals surface area contributed by atoms with Crippen molar-refractivity contribution >= 4 is 5.57 Å². The molecule has 0 amide bonds. The molecule has 0 saturated carbocycles. The lowest BCUT2D eigenvalue weighted by Crippen LogP contribution is -1.95. The molecule has 0 aromatic heterocycles. The molecule has 1 atom stereocenters. The predicted molar refractivity (Wildman–Crippen MR) is 51.7 cm³/mol. The van der Waals surface area contributed by atoms with Crippen molar-refractivity contribution in [2.24, 2.45) is 0 Å². The van der Waals surface area contributed by atoms with Crippen LogP contribution in [0.1, 0.15) is 19.4 Å². The molecule has 0 aliphatic rings. The second-order valence-corrected chi connectivity index (χ2v) is 3.25. The van der Waals surface area contributed by atoms with Crippen molar-refractivity contribution in [3.05, 3.63) is 41.5 Å². The monoisotopic (exact) mass is 198 g/mol. The van der Waals surface area contributed by atoms with Crippen LogP contribution in [-0.2, 0) is 0 Å². The number of aliphatic hydroxyl groups is 1. The summed E-state index contributed by atoms with van der Waals surface area (Å²) in [6.07, 6.45) is 0.912. The highest BCUT2D eigenvalue weighted by molar-refractivity contribution is 5.64. The van der Waals surface area contributed by atoms with Crippen molar-refractivity contribution < 1.29 is 13.9 Å². The molecule has 0 spiro atoms. The first-order valence-corrected chi connectivity index (χ1v) is 4.32. The van der Waals surface area contributed by atoms with Crippen LogP contribution < -0.4 is 0 Å². The summed E-state index contributed by atoms with van der Waals surface area (Å²) in [5.74, 6) is -1.23. The van der Waals surface area contributed by atoms with E-state index >= 15 is 0 Å². The second-order valence-electron chi connectivity index (χ2n) is 3.25. The van der Waals surface area contributed by atoms with E-state index in [2.05, 4.69) is 0 Å². The Balaban J connectivity index is 3.07. The second kappa shape index (κ2) is 4.33. The van der Waals surface area contributed by atoms with E-state index in [1.165, 1.54) is 18.2 Å². The molecule has 1 N–H and O–H groups in total. The molecule has 1 unspecified atom stereocenters. The quantitative estimate of drug-likeness (QED) is 0.774. The molecule has 76 valence electrons. The Morgan fingerprint density at radius 1 is 1.29 bits per heavy atom. The van der Waals surface area contributed by atoms with Gasteiger partial charge in [0.05, 0.1) is 6.10 Å². The van der Waals surface area contributed by atoms with E-state index in [9.17, 15) is 8.78 Å². The summed E-state index contributed by atoms with van der Waals surface area (Å²) in [7, 11) is 0. The van der Waals surface area contributed by atoms with Crippen molar-refractivity contribution in [2.45, 2.75) is 20.0 Å². The van der Waals surface area contributed by atoms with E-state index < -0.39 is 17.7 Å². The third-order valence-electron chi connectivity index (χ3n) is 1.81. The summed E-state index contributed by atoms with van der Waals surface area (Å²) >= 11 is 0. The lowest BCUT2D eigenvalue weighted by atomic mass is 10.1. The molecule has 0 fully saturated rings. The van der Waals surface area contributed by atoms with E-state index in [-0.39, 0.29) is 0 Å². The molecular formula is C11H12F2O. The molecule has 1 aromatic carbocycles. The van der Waals surface area contributed by atoms with Gasteiger partial charge in [0.1, 0.15) is 11.6 Å². The van der Waals surface area contributed by atoms with Crippen LogP contribution in [0.15, 0.2) is 24.3 Å². The van der Waals surface area contributed by atoms with Crippen molar-refractivity contribution in [1.82, 2.24) is 0 Å². The number of hydrogen-bond donors (Lipinski definition) is 1. The molecule has 1 nitrogen and oxygen atoms in total. The molecule has 14 heavy (non-hydrogen) atoms. The van der Waals surface area contributed by atoms with E-state index in [4.69, 9.17) is 5.11 Å². The van der Waals surface area contributed by atoms with Gasteiger partial charge in [-0.25, -0.2) is 8.78 Å². The zero-order valence-corrected chi connectivity index (χ0v) is 8.09. The molecule has 1 rings (SSSR count). The van der Waals surface area contributed by atoms with E-state index in [1.807, 2.05) is 0 Å². The summed E-state index contributed by atoms with van der Waals surface area (Å²) in [6.45, 7) is 3.28. The highest BCUT2D eigenvalue weighted by atomic mass is 19.1. The largest absolute Gasteiger partial charge is 0.389 e. The highest BCUT2D eigenvalue weighted by Gasteiger charge is 2.02. The van der Waals surface area contributed by atoms with Gasteiger partial charge < -0.3 is 5.11 Å². The van der Waals surface area contributed by atoms with Crippen LogP contribution in [0.5, 0.6) is 0 Å². The fraction of sp³-hybridized carbons (Fsp3) is 0.273. The van der Waals surface area contributed by atoms with E-state index in [1.54, 1.807) is 13.8 Å². The zero-order chi connectivity index (χ0) is 10.7.